The van der Waals surface area contributed by atoms with Crippen molar-refractivity contribution in [2.75, 3.05) is 6.54 Å². The van der Waals surface area contributed by atoms with Crippen molar-refractivity contribution in [3.8, 4) is 0 Å². The van der Waals surface area contributed by atoms with E-state index in [1.807, 2.05) is 11.8 Å². The highest BCUT2D eigenvalue weighted by molar-refractivity contribution is 5.81. The zero-order chi connectivity index (χ0) is 11.6. The molecule has 0 unspecified atom stereocenters. The second-order valence-electron chi connectivity index (χ2n) is 5.07. The molecule has 0 aromatic heterocycles. The molecular formula is C12H24N2O. The van der Waals surface area contributed by atoms with E-state index in [0.29, 0.717) is 5.92 Å². The van der Waals surface area contributed by atoms with Crippen LogP contribution >= 0.6 is 0 Å². The van der Waals surface area contributed by atoms with E-state index in [1.54, 1.807) is 0 Å². The number of rotatable bonds is 5. The third kappa shape index (κ3) is 3.20. The van der Waals surface area contributed by atoms with Crippen LogP contribution in [0.4, 0.5) is 0 Å². The van der Waals surface area contributed by atoms with Gasteiger partial charge in [0.05, 0.1) is 6.04 Å². The van der Waals surface area contributed by atoms with Crippen LogP contribution in [0.5, 0.6) is 0 Å². The van der Waals surface area contributed by atoms with Gasteiger partial charge in [0, 0.05) is 12.6 Å². The van der Waals surface area contributed by atoms with Crippen molar-refractivity contribution in [2.24, 2.45) is 17.6 Å². The summed E-state index contributed by atoms with van der Waals surface area (Å²) in [6.45, 7) is 9.22. The highest BCUT2D eigenvalue weighted by Crippen LogP contribution is 2.38. The molecule has 0 aromatic rings. The Labute approximate surface area is 93.0 Å². The molecule has 3 atom stereocenters. The van der Waals surface area contributed by atoms with E-state index in [9.17, 15) is 4.79 Å². The molecule has 0 bridgehead atoms. The van der Waals surface area contributed by atoms with Crippen LogP contribution in [0.3, 0.4) is 0 Å². The van der Waals surface area contributed by atoms with Gasteiger partial charge in [-0.25, -0.2) is 0 Å². The quantitative estimate of drug-likeness (QED) is 0.752. The number of nitrogens with two attached hydrogens (primary N) is 1. The topological polar surface area (TPSA) is 46.3 Å². The van der Waals surface area contributed by atoms with Crippen LogP contribution in [0, 0.1) is 11.8 Å². The van der Waals surface area contributed by atoms with Crippen molar-refractivity contribution in [2.45, 2.75) is 52.6 Å². The number of nitrogens with zero attached hydrogens (tertiary/aromatic N) is 1. The molecule has 1 saturated carbocycles. The minimum atomic E-state index is -0.318. The molecule has 1 fully saturated rings. The Kier molecular flexibility index (Phi) is 4.14. The summed E-state index contributed by atoms with van der Waals surface area (Å²) in [6, 6.07) is -0.0515. The predicted molar refractivity (Wildman–Crippen MR) is 62.4 cm³/mol. The first-order valence-corrected chi connectivity index (χ1v) is 6.03. The lowest BCUT2D eigenvalue weighted by Gasteiger charge is -2.29. The Morgan fingerprint density at radius 2 is 2.07 bits per heavy atom. The second-order valence-corrected chi connectivity index (χ2v) is 5.07. The third-order valence-corrected chi connectivity index (χ3v) is 3.37. The average molecular weight is 212 g/mol. The van der Waals surface area contributed by atoms with Crippen LogP contribution in [0.15, 0.2) is 0 Å². The van der Waals surface area contributed by atoms with E-state index in [0.717, 1.165) is 18.9 Å². The van der Waals surface area contributed by atoms with Crippen LogP contribution in [-0.2, 0) is 4.79 Å². The van der Waals surface area contributed by atoms with Crippen molar-refractivity contribution in [1.82, 2.24) is 4.90 Å². The minimum absolute atomic E-state index is 0.117. The summed E-state index contributed by atoms with van der Waals surface area (Å²) in [6.07, 6.45) is 1.99. The van der Waals surface area contributed by atoms with Gasteiger partial charge in [-0.2, -0.15) is 0 Å². The molecule has 0 aromatic carbocycles. The van der Waals surface area contributed by atoms with E-state index in [4.69, 9.17) is 5.73 Å². The number of carbonyl (C=O) groups excluding carboxylic acids is 1. The lowest BCUT2D eigenvalue weighted by Crippen LogP contribution is -2.47. The SMILES string of the molecule is CC[C@H](N)C(=O)N(C[C@H]1C[C@H]1C)C(C)C. The average Bonchev–Trinajstić information content (AvgIpc) is 2.88. The summed E-state index contributed by atoms with van der Waals surface area (Å²) < 4.78 is 0. The van der Waals surface area contributed by atoms with E-state index >= 15 is 0 Å². The molecule has 0 aliphatic heterocycles. The van der Waals surface area contributed by atoms with Gasteiger partial charge >= 0.3 is 0 Å². The molecule has 3 nitrogen and oxygen atoms in total. The molecule has 0 spiro atoms. The molecule has 15 heavy (non-hydrogen) atoms. The standard InChI is InChI=1S/C12H24N2O/c1-5-11(13)12(15)14(8(2)3)7-10-6-9(10)4/h8-11H,5-7,13H2,1-4H3/t9-,10-,11+/m1/s1. The number of hydrogen-bond donors (Lipinski definition) is 1. The minimum Gasteiger partial charge on any atom is -0.339 e. The van der Waals surface area contributed by atoms with Crippen molar-refractivity contribution >= 4 is 5.91 Å². The molecule has 1 aliphatic carbocycles. The summed E-state index contributed by atoms with van der Waals surface area (Å²) in [4.78, 5) is 13.9. The zero-order valence-corrected chi connectivity index (χ0v) is 10.4. The van der Waals surface area contributed by atoms with E-state index < -0.39 is 0 Å². The molecule has 88 valence electrons. The summed E-state index contributed by atoms with van der Waals surface area (Å²) >= 11 is 0. The van der Waals surface area contributed by atoms with Gasteiger partial charge in [-0.1, -0.05) is 13.8 Å². The maximum atomic E-state index is 12.0. The first kappa shape index (κ1) is 12.5. The van der Waals surface area contributed by atoms with E-state index in [2.05, 4.69) is 20.8 Å². The van der Waals surface area contributed by atoms with E-state index in [-0.39, 0.29) is 18.0 Å². The third-order valence-electron chi connectivity index (χ3n) is 3.37. The summed E-state index contributed by atoms with van der Waals surface area (Å²) in [5, 5.41) is 0. The fourth-order valence-corrected chi connectivity index (χ4v) is 1.85. The van der Waals surface area contributed by atoms with Gasteiger partial charge in [0.2, 0.25) is 5.91 Å². The normalized spacial score (nSPS) is 26.5. The molecule has 0 saturated heterocycles. The van der Waals surface area contributed by atoms with Gasteiger partial charge in [-0.05, 0) is 38.5 Å². The van der Waals surface area contributed by atoms with Crippen molar-refractivity contribution in [3.63, 3.8) is 0 Å². The summed E-state index contributed by atoms with van der Waals surface area (Å²) in [5.41, 5.74) is 5.79. The molecule has 3 heteroatoms. The van der Waals surface area contributed by atoms with Crippen LogP contribution in [0.2, 0.25) is 0 Å². The molecular weight excluding hydrogens is 188 g/mol. The maximum absolute atomic E-state index is 12.0. The van der Waals surface area contributed by atoms with Gasteiger partial charge in [-0.3, -0.25) is 4.79 Å². The summed E-state index contributed by atoms with van der Waals surface area (Å²) in [5.74, 6) is 1.61. The number of amides is 1. The van der Waals surface area contributed by atoms with Crippen molar-refractivity contribution in [1.29, 1.82) is 0 Å². The highest BCUT2D eigenvalue weighted by Gasteiger charge is 2.36. The number of hydrogen-bond acceptors (Lipinski definition) is 2. The van der Waals surface area contributed by atoms with E-state index in [1.165, 1.54) is 6.42 Å². The molecule has 2 N–H and O–H groups in total. The predicted octanol–water partition coefficient (Wildman–Crippen LogP) is 1.62. The molecule has 0 heterocycles. The van der Waals surface area contributed by atoms with Crippen molar-refractivity contribution in [3.05, 3.63) is 0 Å². The maximum Gasteiger partial charge on any atom is 0.239 e. The molecule has 1 amide bonds. The Morgan fingerprint density at radius 3 is 2.40 bits per heavy atom. The van der Waals surface area contributed by atoms with Crippen LogP contribution in [-0.4, -0.2) is 29.4 Å². The fourth-order valence-electron chi connectivity index (χ4n) is 1.85. The molecule has 0 radical (unpaired) electrons. The largest absolute Gasteiger partial charge is 0.339 e. The first-order valence-electron chi connectivity index (χ1n) is 6.03. The van der Waals surface area contributed by atoms with Crippen molar-refractivity contribution < 1.29 is 4.79 Å². The monoisotopic (exact) mass is 212 g/mol. The van der Waals surface area contributed by atoms with Gasteiger partial charge in [-0.15, -0.1) is 0 Å². The van der Waals surface area contributed by atoms with Crippen LogP contribution < -0.4 is 5.73 Å². The van der Waals surface area contributed by atoms with Gasteiger partial charge in [0.1, 0.15) is 0 Å². The number of carbonyl (C=O) groups is 1. The lowest BCUT2D eigenvalue weighted by molar-refractivity contribution is -0.134. The lowest BCUT2D eigenvalue weighted by atomic mass is 10.1. The smallest absolute Gasteiger partial charge is 0.239 e. The summed E-state index contributed by atoms with van der Waals surface area (Å²) in [7, 11) is 0. The van der Waals surface area contributed by atoms with Gasteiger partial charge in [0.25, 0.3) is 0 Å². The molecule has 1 rings (SSSR count). The highest BCUT2D eigenvalue weighted by atomic mass is 16.2. The van der Waals surface area contributed by atoms with Gasteiger partial charge < -0.3 is 10.6 Å². The Bertz CT molecular complexity index is 228. The van der Waals surface area contributed by atoms with Crippen LogP contribution in [0.25, 0.3) is 0 Å². The first-order chi connectivity index (χ1) is 6.97. The Morgan fingerprint density at radius 1 is 1.53 bits per heavy atom. The Balaban J connectivity index is 2.53. The second kappa shape index (κ2) is 4.97. The zero-order valence-electron chi connectivity index (χ0n) is 10.4. The fraction of sp³-hybridized carbons (Fsp3) is 0.917. The molecule has 1 aliphatic rings. The van der Waals surface area contributed by atoms with Crippen LogP contribution in [0.1, 0.15) is 40.5 Å². The van der Waals surface area contributed by atoms with Gasteiger partial charge in [0.15, 0.2) is 0 Å². The Hall–Kier alpha value is -0.570.